The fourth-order valence-electron chi connectivity index (χ4n) is 0. The topological polar surface area (TPSA) is 28.5 Å². The predicted octanol–water partition coefficient (Wildman–Crippen LogP) is 1.14. The maximum Gasteiger partial charge on any atom is -2.00 e. The first kappa shape index (κ1) is 9.01. The van der Waals surface area contributed by atoms with Crippen LogP contribution in [0.2, 0.25) is 0 Å². The molecular formula is F3OV. The van der Waals surface area contributed by atoms with Crippen LogP contribution in [0.4, 0.5) is 10.2 Å². The van der Waals surface area contributed by atoms with E-state index in [9.17, 15) is 10.2 Å². The van der Waals surface area contributed by atoms with Crippen molar-refractivity contribution in [3.05, 3.63) is 0 Å². The van der Waals surface area contributed by atoms with Crippen molar-refractivity contribution in [2.75, 3.05) is 0 Å². The van der Waals surface area contributed by atoms with E-state index in [1.165, 1.54) is 0 Å². The summed E-state index contributed by atoms with van der Waals surface area (Å²) < 4.78 is 29.4. The van der Waals surface area contributed by atoms with Gasteiger partial charge < -0.3 is 5.48 Å². The van der Waals surface area contributed by atoms with E-state index in [2.05, 4.69) is 0 Å². The minimum absolute atomic E-state index is 0. The Bertz CT molecular complexity index is 11.6. The summed E-state index contributed by atoms with van der Waals surface area (Å²) in [6.45, 7) is 0. The number of hydrogen-bond acceptors (Lipinski definition) is 0. The quantitative estimate of drug-likeness (QED) is 0.463. The summed E-state index contributed by atoms with van der Waals surface area (Å²) in [5.74, 6) is 0. The smallest absolute Gasteiger partial charge is 2.00 e. The zero-order valence-corrected chi connectivity index (χ0v) is 3.39. The molecule has 0 fully saturated rings. The molecule has 0 aromatic carbocycles. The van der Waals surface area contributed by atoms with Crippen LogP contribution in [0.25, 0.3) is 0 Å². The van der Waals surface area contributed by atoms with Crippen LogP contribution in [0.1, 0.15) is 0 Å². The molecule has 5 heavy (non-hydrogen) atoms. The average molecular weight is 124 g/mol. The molecule has 0 rings (SSSR count). The van der Waals surface area contributed by atoms with Crippen LogP contribution >= 0.6 is 0 Å². The van der Waals surface area contributed by atoms with Gasteiger partial charge in [0.2, 0.25) is 0 Å². The Morgan fingerprint density at radius 3 is 1.00 bits per heavy atom. The van der Waals surface area contributed by atoms with E-state index >= 15 is 0 Å². The van der Waals surface area contributed by atoms with Crippen LogP contribution in [0.3, 0.4) is 0 Å². The van der Waals surface area contributed by atoms with Gasteiger partial charge in [0.25, 0.3) is 0 Å². The normalized spacial score (nSPS) is 5.40. The molecule has 0 bridgehead atoms. The fraction of sp³-hybridized carbons (Fsp3) is 0. The van der Waals surface area contributed by atoms with Gasteiger partial charge in [0.05, 0.1) is 0 Å². The first-order valence-electron chi connectivity index (χ1n) is 0.507. The average Bonchev–Trinajstić information content (AvgIpc) is 0.811. The molecule has 0 saturated heterocycles. The minimum Gasteiger partial charge on any atom is -2.00 e. The second-order valence-corrected chi connectivity index (χ2v) is 0.790. The molecule has 0 radical (unpaired) electrons. The molecule has 5 heteroatoms. The van der Waals surface area contributed by atoms with Crippen molar-refractivity contribution >= 4 is 0 Å². The molecule has 0 N–H and O–H groups in total. The summed E-state index contributed by atoms with van der Waals surface area (Å²) in [4.78, 5) is 0. The number of halogens is 3. The molecule has 0 spiro atoms. The molecule has 0 aliphatic heterocycles. The SMILES string of the molecule is [F][V+2]([F])[F].[O-2]. The van der Waals surface area contributed by atoms with Crippen LogP contribution in [0, 0.1) is 0 Å². The van der Waals surface area contributed by atoms with Gasteiger partial charge in [-0.15, -0.1) is 0 Å². The predicted molar refractivity (Wildman–Crippen MR) is 4.01 cm³/mol. The number of hydrogen-bond donors (Lipinski definition) is 0. The largest absolute Gasteiger partial charge is 2.00 e. The second-order valence-electron chi connectivity index (χ2n) is 0.192. The van der Waals surface area contributed by atoms with E-state index in [1.54, 1.807) is 0 Å². The zero-order chi connectivity index (χ0) is 3.58. The minimum atomic E-state index is -4.69. The zero-order valence-electron chi connectivity index (χ0n) is 1.99. The molecule has 32 valence electrons. The standard InChI is InChI=1S/3FH.O.V/h3*1H;;/q;;;-2;+5/p-3. The van der Waals surface area contributed by atoms with E-state index in [4.69, 9.17) is 0 Å². The molecule has 1 nitrogen and oxygen atoms in total. The molecule has 0 aliphatic carbocycles. The van der Waals surface area contributed by atoms with Crippen molar-refractivity contribution in [1.29, 1.82) is 0 Å². The van der Waals surface area contributed by atoms with Gasteiger partial charge in [-0.1, -0.05) is 0 Å². The maximum atomic E-state index is 9.81. The molecular weight excluding hydrogens is 124 g/mol. The monoisotopic (exact) mass is 124 g/mol. The van der Waals surface area contributed by atoms with Crippen molar-refractivity contribution in [3.63, 3.8) is 0 Å². The first-order chi connectivity index (χ1) is 1.73. The molecule has 0 saturated carbocycles. The van der Waals surface area contributed by atoms with Gasteiger partial charge in [-0.25, -0.2) is 0 Å². The summed E-state index contributed by atoms with van der Waals surface area (Å²) in [7, 11) is 0. The molecule has 0 aromatic rings. The molecule has 0 unspecified atom stereocenters. The Balaban J connectivity index is 0. The summed E-state index contributed by atoms with van der Waals surface area (Å²) in [5, 5.41) is 0. The van der Waals surface area contributed by atoms with Crippen molar-refractivity contribution < 1.29 is 32.3 Å². The molecule has 0 aromatic heterocycles. The maximum absolute atomic E-state index is 9.81. The summed E-state index contributed by atoms with van der Waals surface area (Å²) >= 11 is -4.69. The second kappa shape index (κ2) is 4.33. The van der Waals surface area contributed by atoms with Gasteiger partial charge in [-0.05, 0) is 0 Å². The Labute approximate surface area is 33.2 Å². The Kier molecular flexibility index (Phi) is 7.81. The van der Waals surface area contributed by atoms with Gasteiger partial charge in [-0.3, -0.25) is 0 Å². The van der Waals surface area contributed by atoms with Crippen molar-refractivity contribution in [1.82, 2.24) is 0 Å². The van der Waals surface area contributed by atoms with Gasteiger partial charge in [0.1, 0.15) is 0 Å². The summed E-state index contributed by atoms with van der Waals surface area (Å²) in [6, 6.07) is 0. The summed E-state index contributed by atoms with van der Waals surface area (Å²) in [6.07, 6.45) is 0. The van der Waals surface area contributed by atoms with Crippen molar-refractivity contribution in [2.24, 2.45) is 0 Å². The van der Waals surface area contributed by atoms with Gasteiger partial charge >= 0.3 is 26.8 Å². The van der Waals surface area contributed by atoms with Crippen LogP contribution in [0.5, 0.6) is 0 Å². The van der Waals surface area contributed by atoms with Crippen LogP contribution in [0.15, 0.2) is 0 Å². The molecule has 0 heterocycles. The molecule has 0 atom stereocenters. The van der Waals surface area contributed by atoms with Crippen molar-refractivity contribution in [2.45, 2.75) is 0 Å². The number of rotatable bonds is 0. The Morgan fingerprint density at radius 2 is 1.00 bits per heavy atom. The van der Waals surface area contributed by atoms with Gasteiger partial charge in [0.15, 0.2) is 0 Å². The van der Waals surface area contributed by atoms with Crippen LogP contribution in [-0.4, -0.2) is 0 Å². The van der Waals surface area contributed by atoms with Crippen LogP contribution in [-0.2, 0) is 22.1 Å². The van der Waals surface area contributed by atoms with E-state index in [0.717, 1.165) is 0 Å². The Morgan fingerprint density at radius 1 is 1.00 bits per heavy atom. The van der Waals surface area contributed by atoms with E-state index < -0.39 is 16.6 Å². The van der Waals surface area contributed by atoms with E-state index in [0.29, 0.717) is 0 Å². The third-order valence-corrected chi connectivity index (χ3v) is 0. The molecule has 0 aliphatic rings. The fourth-order valence-corrected chi connectivity index (χ4v) is 0. The van der Waals surface area contributed by atoms with Crippen molar-refractivity contribution in [3.8, 4) is 0 Å². The van der Waals surface area contributed by atoms with E-state index in [-0.39, 0.29) is 5.48 Å². The van der Waals surface area contributed by atoms with Crippen LogP contribution < -0.4 is 0 Å². The van der Waals surface area contributed by atoms with Gasteiger partial charge in [0, 0.05) is 0 Å². The van der Waals surface area contributed by atoms with Gasteiger partial charge in [-0.2, -0.15) is 0 Å². The van der Waals surface area contributed by atoms with E-state index in [1.807, 2.05) is 0 Å². The third-order valence-electron chi connectivity index (χ3n) is 0. The first-order valence-corrected chi connectivity index (χ1v) is 2.09. The Hall–Kier alpha value is 0.334. The molecule has 0 amide bonds. The summed E-state index contributed by atoms with van der Waals surface area (Å²) in [5.41, 5.74) is 0. The third kappa shape index (κ3) is 211.